The maximum Gasteiger partial charge on any atom is 0.407 e. The lowest BCUT2D eigenvalue weighted by molar-refractivity contribution is 0.0956. The molecule has 0 heterocycles. The Morgan fingerprint density at radius 2 is 0.533 bits per heavy atom. The first-order valence-electron chi connectivity index (χ1n) is 28.3. The summed E-state index contributed by atoms with van der Waals surface area (Å²) in [5, 5.41) is 16.5. The Kier molecular flexibility index (Phi) is 41.5. The van der Waals surface area contributed by atoms with Crippen LogP contribution in [0.5, 0.6) is 0 Å². The van der Waals surface area contributed by atoms with Crippen molar-refractivity contribution in [3.8, 4) is 0 Å². The molecular formula is C57H94N6O12. The Morgan fingerprint density at radius 1 is 0.307 bits per heavy atom. The average molecular weight is 1060 g/mol. The summed E-state index contributed by atoms with van der Waals surface area (Å²) in [7, 11) is 0. The van der Waals surface area contributed by atoms with Crippen LogP contribution in [0.4, 0.5) is 28.8 Å². The van der Waals surface area contributed by atoms with Crippen LogP contribution in [0, 0.1) is 0 Å². The summed E-state index contributed by atoms with van der Waals surface area (Å²) in [5.41, 5.74) is 2.54. The molecule has 424 valence electrons. The van der Waals surface area contributed by atoms with E-state index in [-0.39, 0.29) is 44.5 Å². The van der Waals surface area contributed by atoms with E-state index in [1.54, 1.807) is 0 Å². The number of hydrogen-bond acceptors (Lipinski definition) is 12. The molecule has 0 aliphatic heterocycles. The number of benzene rings is 2. The third kappa shape index (κ3) is 40.1. The van der Waals surface area contributed by atoms with Crippen molar-refractivity contribution < 1.29 is 57.2 Å². The van der Waals surface area contributed by atoms with Crippen molar-refractivity contribution in [2.45, 2.75) is 173 Å². The van der Waals surface area contributed by atoms with E-state index in [9.17, 15) is 28.8 Å². The maximum absolute atomic E-state index is 12.2. The van der Waals surface area contributed by atoms with E-state index >= 15 is 0 Å². The number of alkyl carbamates (subject to hydrolysis) is 6. The summed E-state index contributed by atoms with van der Waals surface area (Å²) in [6.07, 6.45) is 21.8. The second-order valence-electron chi connectivity index (χ2n) is 18.7. The van der Waals surface area contributed by atoms with Crippen LogP contribution < -0.4 is 31.9 Å². The van der Waals surface area contributed by atoms with E-state index in [2.05, 4.69) is 80.4 Å². The quantitative estimate of drug-likeness (QED) is 0.0269. The summed E-state index contributed by atoms with van der Waals surface area (Å²) in [5.74, 6) is 0.276. The molecule has 6 N–H and O–H groups in total. The highest BCUT2D eigenvalue weighted by molar-refractivity contribution is 5.69. The van der Waals surface area contributed by atoms with Gasteiger partial charge >= 0.3 is 36.6 Å². The van der Waals surface area contributed by atoms with Gasteiger partial charge in [-0.1, -0.05) is 170 Å². The molecule has 2 aromatic carbocycles. The van der Waals surface area contributed by atoms with Gasteiger partial charge in [-0.05, 0) is 68.9 Å². The van der Waals surface area contributed by atoms with Gasteiger partial charge in [0.25, 0.3) is 0 Å². The molecule has 0 atom stereocenters. The van der Waals surface area contributed by atoms with Crippen LogP contribution in [0.2, 0.25) is 0 Å². The normalized spacial score (nSPS) is 10.7. The molecule has 0 bridgehead atoms. The summed E-state index contributed by atoms with van der Waals surface area (Å²) in [6, 6.07) is 20.9. The first kappa shape index (κ1) is 65.2. The molecule has 18 heteroatoms. The molecule has 0 aromatic heterocycles. The number of nitrogens with one attached hydrogen (secondary N) is 6. The molecule has 2 rings (SSSR count). The fraction of sp³-hybridized carbons (Fsp3) is 0.684. The summed E-state index contributed by atoms with van der Waals surface area (Å²) in [6.45, 7) is 6.09. The van der Waals surface area contributed by atoms with E-state index in [1.807, 2.05) is 19.1 Å². The third-order valence-corrected chi connectivity index (χ3v) is 12.3. The van der Waals surface area contributed by atoms with Crippen LogP contribution in [0.15, 0.2) is 60.7 Å². The van der Waals surface area contributed by atoms with Crippen LogP contribution in [0.1, 0.15) is 184 Å². The SMILES string of the molecule is CCCCOC(=O)NCCCCCCCCNC(=O)OCCOC(=O)NCCCCCCCCNC(=O)OCCOC(=O)NCCCCCCCCCCCNC(=O)OCCCC(c1ccccc1)c1ccccc1. The average Bonchev–Trinajstić information content (AvgIpc) is 3.41. The number of hydrogen-bond donors (Lipinski definition) is 6. The lowest BCUT2D eigenvalue weighted by Gasteiger charge is -2.18. The summed E-state index contributed by atoms with van der Waals surface area (Å²) >= 11 is 0. The molecule has 0 aliphatic carbocycles. The predicted molar refractivity (Wildman–Crippen MR) is 292 cm³/mol. The van der Waals surface area contributed by atoms with Crippen LogP contribution in [-0.4, -0.2) is 115 Å². The van der Waals surface area contributed by atoms with E-state index in [0.29, 0.717) is 52.5 Å². The zero-order chi connectivity index (χ0) is 53.9. The molecule has 0 fully saturated rings. The molecule has 75 heavy (non-hydrogen) atoms. The topological polar surface area (TPSA) is 230 Å². The van der Waals surface area contributed by atoms with Crippen molar-refractivity contribution in [1.82, 2.24) is 31.9 Å². The molecule has 2 aromatic rings. The lowest BCUT2D eigenvalue weighted by Crippen LogP contribution is -2.29. The van der Waals surface area contributed by atoms with Crippen molar-refractivity contribution in [3.63, 3.8) is 0 Å². The largest absolute Gasteiger partial charge is 0.450 e. The van der Waals surface area contributed by atoms with Gasteiger partial charge in [0.05, 0.1) is 13.2 Å². The number of carbonyl (C=O) groups is 6. The van der Waals surface area contributed by atoms with Crippen molar-refractivity contribution >= 4 is 36.6 Å². The molecule has 18 nitrogen and oxygen atoms in total. The van der Waals surface area contributed by atoms with Gasteiger partial charge in [0.15, 0.2) is 0 Å². The second kappa shape index (κ2) is 47.8. The number of carbonyl (C=O) groups excluding carboxylic acids is 6. The first-order chi connectivity index (χ1) is 36.8. The molecular weight excluding hydrogens is 961 g/mol. The third-order valence-electron chi connectivity index (χ3n) is 12.3. The van der Waals surface area contributed by atoms with Gasteiger partial charge in [0, 0.05) is 45.2 Å². The Balaban J connectivity index is 1.24. The van der Waals surface area contributed by atoms with Crippen molar-refractivity contribution in [3.05, 3.63) is 71.8 Å². The second-order valence-corrected chi connectivity index (χ2v) is 18.7. The monoisotopic (exact) mass is 1050 g/mol. The minimum absolute atomic E-state index is 0.0183. The van der Waals surface area contributed by atoms with Crippen LogP contribution >= 0.6 is 0 Å². The van der Waals surface area contributed by atoms with Crippen LogP contribution in [0.3, 0.4) is 0 Å². The summed E-state index contributed by atoms with van der Waals surface area (Å²) in [4.78, 5) is 71.3. The maximum atomic E-state index is 12.2. The van der Waals surface area contributed by atoms with E-state index < -0.39 is 24.4 Å². The van der Waals surface area contributed by atoms with Gasteiger partial charge in [-0.3, -0.25) is 0 Å². The molecule has 0 spiro atoms. The van der Waals surface area contributed by atoms with Gasteiger partial charge in [-0.15, -0.1) is 0 Å². The van der Waals surface area contributed by atoms with Crippen LogP contribution in [-0.2, 0) is 28.4 Å². The van der Waals surface area contributed by atoms with Crippen LogP contribution in [0.25, 0.3) is 0 Å². The lowest BCUT2D eigenvalue weighted by atomic mass is 9.88. The smallest absolute Gasteiger partial charge is 0.407 e. The number of unbranched alkanes of at least 4 members (excludes halogenated alkanes) is 19. The zero-order valence-electron chi connectivity index (χ0n) is 45.4. The Hall–Kier alpha value is -5.94. The number of amides is 6. The van der Waals surface area contributed by atoms with E-state index in [4.69, 9.17) is 28.4 Å². The van der Waals surface area contributed by atoms with Gasteiger partial charge < -0.3 is 60.3 Å². The standard InChI is InChI=1S/C57H94N6O12/c1-2-3-43-70-52(64)58-37-27-15-9-10-16-28-40-61-55(67)74-47-48-75-57(69)63-42-30-18-12-11-17-29-41-62-56(68)73-46-45-72-54(66)60-39-26-14-8-6-4-5-7-13-25-38-59-53(65)71-44-31-36-51(49-32-21-19-22-33-49)50-34-23-20-24-35-50/h19-24,32-35,51H,2-18,25-31,36-48H2,1H3,(H,58,64)(H,59,65)(H,60,66)(H,61,67)(H,62,68)(H,63,69). The van der Waals surface area contributed by atoms with E-state index in [1.165, 1.54) is 24.0 Å². The summed E-state index contributed by atoms with van der Waals surface area (Å²) < 4.78 is 30.8. The van der Waals surface area contributed by atoms with Gasteiger partial charge in [-0.2, -0.15) is 0 Å². The highest BCUT2D eigenvalue weighted by Crippen LogP contribution is 2.29. The highest BCUT2D eigenvalue weighted by atomic mass is 16.6. The molecule has 6 amide bonds. The van der Waals surface area contributed by atoms with Crippen molar-refractivity contribution in [2.24, 2.45) is 0 Å². The molecule has 0 unspecified atom stereocenters. The van der Waals surface area contributed by atoms with Crippen molar-refractivity contribution in [1.29, 1.82) is 0 Å². The van der Waals surface area contributed by atoms with E-state index in [0.717, 1.165) is 148 Å². The molecule has 0 aliphatic rings. The molecule has 0 radical (unpaired) electrons. The minimum atomic E-state index is -0.547. The Labute approximate surface area is 448 Å². The van der Waals surface area contributed by atoms with Gasteiger partial charge in [0.2, 0.25) is 0 Å². The fourth-order valence-electron chi connectivity index (χ4n) is 8.05. The zero-order valence-corrected chi connectivity index (χ0v) is 45.4. The first-order valence-corrected chi connectivity index (χ1v) is 28.3. The fourth-order valence-corrected chi connectivity index (χ4v) is 8.05. The predicted octanol–water partition coefficient (Wildman–Crippen LogP) is 11.9. The Morgan fingerprint density at radius 3 is 0.787 bits per heavy atom. The highest BCUT2D eigenvalue weighted by Gasteiger charge is 2.14. The van der Waals surface area contributed by atoms with Crippen molar-refractivity contribution in [2.75, 3.05) is 78.9 Å². The molecule has 0 saturated heterocycles. The molecule has 0 saturated carbocycles. The number of rotatable bonds is 45. The van der Waals surface area contributed by atoms with Gasteiger partial charge in [0.1, 0.15) is 26.4 Å². The van der Waals surface area contributed by atoms with Gasteiger partial charge in [-0.25, -0.2) is 28.8 Å². The minimum Gasteiger partial charge on any atom is -0.450 e. The number of ether oxygens (including phenoxy) is 6. The Bertz CT molecular complexity index is 1710.